The van der Waals surface area contributed by atoms with Crippen LogP contribution in [0.1, 0.15) is 19.6 Å². The molecular formula is C19H15ClN4O2S. The van der Waals surface area contributed by atoms with E-state index < -0.39 is 5.91 Å². The summed E-state index contributed by atoms with van der Waals surface area (Å²) in [5, 5.41) is 16.1. The fraction of sp³-hybridized carbons (Fsp3) is 0.158. The molecule has 0 aliphatic carbocycles. The highest BCUT2D eigenvalue weighted by Crippen LogP contribution is 2.31. The third kappa shape index (κ3) is 3.36. The van der Waals surface area contributed by atoms with Gasteiger partial charge in [-0.15, -0.1) is 0 Å². The molecule has 0 saturated carbocycles. The van der Waals surface area contributed by atoms with E-state index in [1.807, 2.05) is 32.0 Å². The summed E-state index contributed by atoms with van der Waals surface area (Å²) in [5.41, 5.74) is 1.02. The van der Waals surface area contributed by atoms with Gasteiger partial charge in [-0.3, -0.25) is 10.2 Å². The normalized spacial score (nSPS) is 18.2. The zero-order chi connectivity index (χ0) is 19.1. The van der Waals surface area contributed by atoms with Crippen LogP contribution in [0.15, 0.2) is 56.5 Å². The molecule has 0 saturated heterocycles. The summed E-state index contributed by atoms with van der Waals surface area (Å²) in [6.45, 7) is 4.02. The molecule has 0 radical (unpaired) electrons. The number of hydrogen-bond acceptors (Lipinski definition) is 5. The van der Waals surface area contributed by atoms with Crippen molar-refractivity contribution in [2.75, 3.05) is 0 Å². The Bertz CT molecular complexity index is 1030. The number of thioether (sulfide) groups is 1. The smallest absolute Gasteiger partial charge is 0.283 e. The summed E-state index contributed by atoms with van der Waals surface area (Å²) < 4.78 is 5.80. The summed E-state index contributed by atoms with van der Waals surface area (Å²) >= 11 is 7.23. The SMILES string of the molecule is CC(C)C1=NN2C(=N)/C(=C/c3ccc(-c4ccc(Cl)cc4)o3)C(=O)N=C2S1. The molecule has 136 valence electrons. The van der Waals surface area contributed by atoms with Gasteiger partial charge in [0.05, 0.1) is 5.57 Å². The third-order valence-corrected chi connectivity index (χ3v) is 5.47. The Kier molecular flexibility index (Phi) is 4.49. The van der Waals surface area contributed by atoms with Crippen molar-refractivity contribution in [3.8, 4) is 11.3 Å². The van der Waals surface area contributed by atoms with E-state index in [2.05, 4.69) is 10.1 Å². The van der Waals surface area contributed by atoms with E-state index in [1.54, 1.807) is 18.2 Å². The van der Waals surface area contributed by atoms with E-state index in [4.69, 9.17) is 21.4 Å². The van der Waals surface area contributed by atoms with Crippen molar-refractivity contribution < 1.29 is 9.21 Å². The minimum Gasteiger partial charge on any atom is -0.457 e. The van der Waals surface area contributed by atoms with Gasteiger partial charge >= 0.3 is 0 Å². The zero-order valence-electron chi connectivity index (χ0n) is 14.6. The Morgan fingerprint density at radius 1 is 1.22 bits per heavy atom. The standard InChI is InChI=1S/C19H15ClN4O2S/c1-10(2)18-23-24-16(21)14(17(25)22-19(24)27-18)9-13-7-8-15(26-13)11-3-5-12(20)6-4-11/h3-10,21H,1-2H3/b14-9-,21-16?. The molecule has 1 aromatic carbocycles. The maximum Gasteiger partial charge on any atom is 0.283 e. The molecular weight excluding hydrogens is 384 g/mol. The van der Waals surface area contributed by atoms with Crippen LogP contribution < -0.4 is 0 Å². The Morgan fingerprint density at radius 3 is 2.67 bits per heavy atom. The minimum atomic E-state index is -0.469. The van der Waals surface area contributed by atoms with Crippen LogP contribution in [0.5, 0.6) is 0 Å². The van der Waals surface area contributed by atoms with Crippen LogP contribution in [0.4, 0.5) is 0 Å². The van der Waals surface area contributed by atoms with Gasteiger partial charge in [0.2, 0.25) is 5.17 Å². The molecule has 1 aromatic heterocycles. The Morgan fingerprint density at radius 2 is 1.96 bits per heavy atom. The van der Waals surface area contributed by atoms with E-state index >= 15 is 0 Å². The van der Waals surface area contributed by atoms with E-state index in [9.17, 15) is 4.79 Å². The van der Waals surface area contributed by atoms with Crippen LogP contribution in [0, 0.1) is 11.3 Å². The molecule has 27 heavy (non-hydrogen) atoms. The molecule has 1 amide bonds. The molecule has 8 heteroatoms. The first-order valence-corrected chi connectivity index (χ1v) is 9.47. The first-order valence-electron chi connectivity index (χ1n) is 8.28. The van der Waals surface area contributed by atoms with Crippen LogP contribution >= 0.6 is 23.4 Å². The highest BCUT2D eigenvalue weighted by atomic mass is 35.5. The number of carbonyl (C=O) groups excluding carboxylic acids is 1. The van der Waals surface area contributed by atoms with Crippen molar-refractivity contribution in [3.63, 3.8) is 0 Å². The average Bonchev–Trinajstić information content (AvgIpc) is 3.26. The predicted molar refractivity (Wildman–Crippen MR) is 109 cm³/mol. The van der Waals surface area contributed by atoms with E-state index in [0.29, 0.717) is 21.7 Å². The Labute approximate surface area is 165 Å². The van der Waals surface area contributed by atoms with Crippen molar-refractivity contribution in [2.45, 2.75) is 13.8 Å². The van der Waals surface area contributed by atoms with Crippen LogP contribution in [0.25, 0.3) is 17.4 Å². The largest absolute Gasteiger partial charge is 0.457 e. The number of fused-ring (bicyclic) bond motifs is 1. The maximum absolute atomic E-state index is 12.4. The van der Waals surface area contributed by atoms with E-state index in [-0.39, 0.29) is 17.3 Å². The molecule has 6 nitrogen and oxygen atoms in total. The van der Waals surface area contributed by atoms with Gasteiger partial charge in [0.15, 0.2) is 5.84 Å². The van der Waals surface area contributed by atoms with Crippen LogP contribution in [-0.2, 0) is 4.79 Å². The minimum absolute atomic E-state index is 0.00223. The molecule has 0 unspecified atom stereocenters. The Balaban J connectivity index is 1.64. The number of carbonyl (C=O) groups is 1. The lowest BCUT2D eigenvalue weighted by Crippen LogP contribution is -2.35. The number of benzene rings is 1. The number of hydrazone groups is 1. The number of aliphatic imine (C=N–C) groups is 1. The zero-order valence-corrected chi connectivity index (χ0v) is 16.1. The average molecular weight is 399 g/mol. The number of nitrogens with zero attached hydrogens (tertiary/aromatic N) is 3. The number of rotatable bonds is 3. The van der Waals surface area contributed by atoms with Crippen molar-refractivity contribution in [1.29, 1.82) is 5.41 Å². The fourth-order valence-electron chi connectivity index (χ4n) is 2.58. The van der Waals surface area contributed by atoms with Crippen molar-refractivity contribution in [2.24, 2.45) is 16.0 Å². The summed E-state index contributed by atoms with van der Waals surface area (Å²) in [4.78, 5) is 16.5. The molecule has 0 fully saturated rings. The van der Waals surface area contributed by atoms with Crippen LogP contribution in [0.2, 0.25) is 5.02 Å². The van der Waals surface area contributed by atoms with Gasteiger partial charge in [-0.2, -0.15) is 15.1 Å². The molecule has 0 spiro atoms. The molecule has 1 N–H and O–H groups in total. The second-order valence-corrected chi connectivity index (χ2v) is 7.75. The lowest BCUT2D eigenvalue weighted by Gasteiger charge is -2.19. The molecule has 2 aliphatic rings. The number of amidine groups is 2. The lowest BCUT2D eigenvalue weighted by atomic mass is 10.1. The Hall–Kier alpha value is -2.64. The molecule has 3 heterocycles. The number of furan rings is 1. The highest BCUT2D eigenvalue weighted by molar-refractivity contribution is 8.27. The summed E-state index contributed by atoms with van der Waals surface area (Å²) in [7, 11) is 0. The molecule has 2 aliphatic heterocycles. The van der Waals surface area contributed by atoms with Gasteiger partial charge < -0.3 is 4.42 Å². The predicted octanol–water partition coefficient (Wildman–Crippen LogP) is 4.88. The van der Waals surface area contributed by atoms with Crippen LogP contribution in [0.3, 0.4) is 0 Å². The maximum atomic E-state index is 12.4. The van der Waals surface area contributed by atoms with Gasteiger partial charge in [0.25, 0.3) is 5.91 Å². The van der Waals surface area contributed by atoms with E-state index in [0.717, 1.165) is 10.6 Å². The first-order chi connectivity index (χ1) is 12.9. The number of hydrogen-bond donors (Lipinski definition) is 1. The molecule has 4 rings (SSSR count). The van der Waals surface area contributed by atoms with E-state index in [1.165, 1.54) is 22.8 Å². The summed E-state index contributed by atoms with van der Waals surface area (Å²) in [6, 6.07) is 10.8. The number of amides is 1. The summed E-state index contributed by atoms with van der Waals surface area (Å²) in [5.74, 6) is 0.840. The molecule has 2 aromatic rings. The number of halogens is 1. The van der Waals surface area contributed by atoms with Crippen molar-refractivity contribution in [1.82, 2.24) is 5.01 Å². The third-order valence-electron chi connectivity index (χ3n) is 4.01. The lowest BCUT2D eigenvalue weighted by molar-refractivity contribution is -0.114. The summed E-state index contributed by atoms with van der Waals surface area (Å²) in [6.07, 6.45) is 1.53. The monoisotopic (exact) mass is 398 g/mol. The van der Waals surface area contributed by atoms with Crippen LogP contribution in [-0.4, -0.2) is 27.0 Å². The number of nitrogens with one attached hydrogen (secondary N) is 1. The van der Waals surface area contributed by atoms with Gasteiger partial charge in [-0.25, -0.2) is 0 Å². The first kappa shape index (κ1) is 17.8. The fourth-order valence-corrected chi connectivity index (χ4v) is 3.60. The van der Waals surface area contributed by atoms with Crippen molar-refractivity contribution >= 4 is 51.4 Å². The quantitative estimate of drug-likeness (QED) is 0.747. The van der Waals surface area contributed by atoms with Gasteiger partial charge in [0, 0.05) is 16.5 Å². The highest BCUT2D eigenvalue weighted by Gasteiger charge is 2.36. The van der Waals surface area contributed by atoms with Crippen molar-refractivity contribution in [3.05, 3.63) is 52.8 Å². The van der Waals surface area contributed by atoms with Gasteiger partial charge in [-0.05, 0) is 54.2 Å². The molecule has 0 bridgehead atoms. The van der Waals surface area contributed by atoms with Gasteiger partial charge in [0.1, 0.15) is 16.6 Å². The topological polar surface area (TPSA) is 82.0 Å². The van der Waals surface area contributed by atoms with Gasteiger partial charge in [-0.1, -0.05) is 25.4 Å². The second kappa shape index (κ2) is 6.83. The molecule has 0 atom stereocenters. The second-order valence-electron chi connectivity index (χ2n) is 6.32.